The van der Waals surface area contributed by atoms with E-state index in [1.807, 2.05) is 0 Å². The maximum atomic E-state index is 10.4. The Bertz CT molecular complexity index is 135. The third kappa shape index (κ3) is 5.04. The highest BCUT2D eigenvalue weighted by molar-refractivity contribution is 5.92. The van der Waals surface area contributed by atoms with Crippen molar-refractivity contribution in [1.29, 1.82) is 0 Å². The summed E-state index contributed by atoms with van der Waals surface area (Å²) >= 11 is 0. The van der Waals surface area contributed by atoms with Crippen LogP contribution in [0.1, 0.15) is 6.42 Å². The van der Waals surface area contributed by atoms with Gasteiger partial charge in [-0.1, -0.05) is 0 Å². The SMILES string of the molecule is CNCNC(=O)CC(=O)[O-]. The summed E-state index contributed by atoms with van der Waals surface area (Å²) in [7, 11) is 1.64. The van der Waals surface area contributed by atoms with Crippen molar-refractivity contribution < 1.29 is 14.7 Å². The van der Waals surface area contributed by atoms with Crippen LogP contribution >= 0.6 is 0 Å². The number of hydrogen-bond acceptors (Lipinski definition) is 4. The van der Waals surface area contributed by atoms with Crippen molar-refractivity contribution in [3.05, 3.63) is 0 Å². The van der Waals surface area contributed by atoms with E-state index in [9.17, 15) is 14.7 Å². The van der Waals surface area contributed by atoms with Gasteiger partial charge in [0.1, 0.15) is 0 Å². The number of aliphatic carboxylic acids is 1. The molecular weight excluding hydrogens is 136 g/mol. The van der Waals surface area contributed by atoms with Crippen molar-refractivity contribution in [2.75, 3.05) is 13.7 Å². The van der Waals surface area contributed by atoms with Gasteiger partial charge in [0.05, 0.1) is 19.1 Å². The van der Waals surface area contributed by atoms with E-state index in [4.69, 9.17) is 0 Å². The summed E-state index contributed by atoms with van der Waals surface area (Å²) in [5.74, 6) is -1.91. The van der Waals surface area contributed by atoms with Crippen LogP contribution in [0.15, 0.2) is 0 Å². The van der Waals surface area contributed by atoms with Gasteiger partial charge in [-0.25, -0.2) is 0 Å². The van der Waals surface area contributed by atoms with Crippen LogP contribution in [-0.4, -0.2) is 25.6 Å². The number of carboxylic acids is 1. The van der Waals surface area contributed by atoms with Gasteiger partial charge in [-0.05, 0) is 7.05 Å². The molecule has 58 valence electrons. The van der Waals surface area contributed by atoms with Crippen LogP contribution < -0.4 is 15.7 Å². The van der Waals surface area contributed by atoms with Crippen LogP contribution in [0.3, 0.4) is 0 Å². The van der Waals surface area contributed by atoms with Crippen molar-refractivity contribution >= 4 is 11.9 Å². The lowest BCUT2D eigenvalue weighted by Crippen LogP contribution is -2.36. The fourth-order valence-corrected chi connectivity index (χ4v) is 0.381. The maximum Gasteiger partial charge on any atom is 0.226 e. The number of hydrogen-bond donors (Lipinski definition) is 2. The number of rotatable bonds is 4. The predicted molar refractivity (Wildman–Crippen MR) is 31.7 cm³/mol. The number of carbonyl (C=O) groups excluding carboxylic acids is 2. The molecule has 0 aromatic heterocycles. The van der Waals surface area contributed by atoms with Crippen LogP contribution in [-0.2, 0) is 9.59 Å². The van der Waals surface area contributed by atoms with Gasteiger partial charge in [-0.3, -0.25) is 4.79 Å². The Morgan fingerprint density at radius 2 is 2.10 bits per heavy atom. The summed E-state index contributed by atoms with van der Waals surface area (Å²) in [6, 6.07) is 0. The van der Waals surface area contributed by atoms with Gasteiger partial charge in [-0.2, -0.15) is 0 Å². The first-order valence-corrected chi connectivity index (χ1v) is 2.78. The van der Waals surface area contributed by atoms with E-state index in [1.165, 1.54) is 0 Å². The minimum atomic E-state index is -1.37. The molecule has 2 N–H and O–H groups in total. The second kappa shape index (κ2) is 4.75. The lowest BCUT2D eigenvalue weighted by Gasteiger charge is -2.03. The van der Waals surface area contributed by atoms with Crippen molar-refractivity contribution in [2.24, 2.45) is 0 Å². The molecule has 0 fully saturated rings. The Labute approximate surface area is 58.4 Å². The lowest BCUT2D eigenvalue weighted by atomic mass is 10.4. The zero-order chi connectivity index (χ0) is 7.98. The van der Waals surface area contributed by atoms with Crippen LogP contribution in [0.5, 0.6) is 0 Å². The van der Waals surface area contributed by atoms with Crippen LogP contribution in [0.2, 0.25) is 0 Å². The molecule has 1 amide bonds. The smallest absolute Gasteiger partial charge is 0.226 e. The predicted octanol–water partition coefficient (Wildman–Crippen LogP) is -2.58. The van der Waals surface area contributed by atoms with Gasteiger partial charge >= 0.3 is 0 Å². The van der Waals surface area contributed by atoms with E-state index < -0.39 is 18.3 Å². The molecule has 0 aliphatic heterocycles. The molecule has 0 radical (unpaired) electrons. The molecular formula is C5H9N2O3-. The first-order valence-electron chi connectivity index (χ1n) is 2.78. The standard InChI is InChI=1S/C5H10N2O3/c1-6-3-7-4(8)2-5(9)10/h6H,2-3H2,1H3,(H,7,8)(H,9,10)/p-1. The molecule has 5 heteroatoms. The van der Waals surface area contributed by atoms with E-state index in [0.29, 0.717) is 0 Å². The zero-order valence-corrected chi connectivity index (χ0v) is 5.64. The van der Waals surface area contributed by atoms with Crippen molar-refractivity contribution in [1.82, 2.24) is 10.6 Å². The van der Waals surface area contributed by atoms with E-state index in [-0.39, 0.29) is 6.67 Å². The summed E-state index contributed by atoms with van der Waals surface area (Å²) in [6.45, 7) is 0.270. The molecule has 0 saturated heterocycles. The highest BCUT2D eigenvalue weighted by atomic mass is 16.4. The Hall–Kier alpha value is -1.10. The fraction of sp³-hybridized carbons (Fsp3) is 0.600. The van der Waals surface area contributed by atoms with Gasteiger partial charge in [-0.15, -0.1) is 0 Å². The van der Waals surface area contributed by atoms with Gasteiger partial charge in [0.2, 0.25) is 5.91 Å². The van der Waals surface area contributed by atoms with Gasteiger partial charge in [0.25, 0.3) is 0 Å². The normalized spacial score (nSPS) is 8.90. The van der Waals surface area contributed by atoms with E-state index >= 15 is 0 Å². The first-order chi connectivity index (χ1) is 4.66. The third-order valence-electron chi connectivity index (χ3n) is 0.767. The molecule has 0 aliphatic rings. The Balaban J connectivity index is 3.35. The molecule has 0 heterocycles. The van der Waals surface area contributed by atoms with Gasteiger partial charge in [0, 0.05) is 0 Å². The first kappa shape index (κ1) is 8.90. The second-order valence-corrected chi connectivity index (χ2v) is 1.68. The molecule has 0 unspecified atom stereocenters. The molecule has 0 spiro atoms. The topological polar surface area (TPSA) is 81.3 Å². The Morgan fingerprint density at radius 1 is 1.50 bits per heavy atom. The molecule has 10 heavy (non-hydrogen) atoms. The van der Waals surface area contributed by atoms with E-state index in [1.54, 1.807) is 7.05 Å². The van der Waals surface area contributed by atoms with Crippen LogP contribution in [0.25, 0.3) is 0 Å². The van der Waals surface area contributed by atoms with Crippen LogP contribution in [0.4, 0.5) is 0 Å². The minimum absolute atomic E-state index is 0.270. The fourth-order valence-electron chi connectivity index (χ4n) is 0.381. The molecule has 0 aliphatic carbocycles. The Kier molecular flexibility index (Phi) is 4.23. The zero-order valence-electron chi connectivity index (χ0n) is 5.64. The maximum absolute atomic E-state index is 10.4. The highest BCUT2D eigenvalue weighted by Crippen LogP contribution is 1.73. The number of amides is 1. The number of carbonyl (C=O) groups is 2. The molecule has 0 aromatic rings. The minimum Gasteiger partial charge on any atom is -0.550 e. The largest absolute Gasteiger partial charge is 0.550 e. The summed E-state index contributed by atoms with van der Waals surface area (Å²) in [5, 5.41) is 14.7. The summed E-state index contributed by atoms with van der Waals surface area (Å²) in [5.41, 5.74) is 0. The lowest BCUT2D eigenvalue weighted by molar-refractivity contribution is -0.304. The number of nitrogens with one attached hydrogen (secondary N) is 2. The molecule has 0 saturated carbocycles. The average molecular weight is 145 g/mol. The average Bonchev–Trinajstić information content (AvgIpc) is 1.82. The third-order valence-corrected chi connectivity index (χ3v) is 0.767. The molecule has 5 nitrogen and oxygen atoms in total. The molecule has 0 atom stereocenters. The quantitative estimate of drug-likeness (QED) is 0.336. The summed E-state index contributed by atoms with van der Waals surface area (Å²) < 4.78 is 0. The van der Waals surface area contributed by atoms with Gasteiger partial charge in [0.15, 0.2) is 0 Å². The van der Waals surface area contributed by atoms with Crippen LogP contribution in [0, 0.1) is 0 Å². The molecule has 0 aromatic carbocycles. The van der Waals surface area contributed by atoms with Crippen molar-refractivity contribution in [3.8, 4) is 0 Å². The number of carboxylic acid groups (broad SMARTS) is 1. The Morgan fingerprint density at radius 3 is 2.50 bits per heavy atom. The van der Waals surface area contributed by atoms with E-state index in [0.717, 1.165) is 0 Å². The monoisotopic (exact) mass is 145 g/mol. The van der Waals surface area contributed by atoms with Gasteiger partial charge < -0.3 is 20.5 Å². The van der Waals surface area contributed by atoms with Crippen molar-refractivity contribution in [2.45, 2.75) is 6.42 Å². The summed E-state index contributed by atoms with van der Waals surface area (Å²) in [4.78, 5) is 20.2. The second-order valence-electron chi connectivity index (χ2n) is 1.68. The van der Waals surface area contributed by atoms with E-state index in [2.05, 4.69) is 10.6 Å². The molecule has 0 rings (SSSR count). The molecule has 0 bridgehead atoms. The van der Waals surface area contributed by atoms with Crippen molar-refractivity contribution in [3.63, 3.8) is 0 Å². The summed E-state index contributed by atoms with van der Waals surface area (Å²) in [6.07, 6.45) is -0.582. The highest BCUT2D eigenvalue weighted by Gasteiger charge is 1.97.